The average molecular weight is 292 g/mol. The molecular formula is C16H24N2O3. The molecule has 0 saturated carbocycles. The van der Waals surface area contributed by atoms with Gasteiger partial charge in [0.15, 0.2) is 0 Å². The van der Waals surface area contributed by atoms with Gasteiger partial charge in [0, 0.05) is 18.0 Å². The number of hydrogen-bond donors (Lipinski definition) is 2. The van der Waals surface area contributed by atoms with Gasteiger partial charge in [-0.25, -0.2) is 4.79 Å². The Morgan fingerprint density at radius 3 is 2.81 bits per heavy atom. The fraction of sp³-hybridized carbons (Fsp3) is 0.562. The molecule has 0 bridgehead atoms. The van der Waals surface area contributed by atoms with Crippen molar-refractivity contribution in [1.82, 2.24) is 10.2 Å². The predicted octanol–water partition coefficient (Wildman–Crippen LogP) is 2.84. The number of fused-ring (bicyclic) bond motifs is 1. The third kappa shape index (κ3) is 3.88. The first kappa shape index (κ1) is 15.6. The molecule has 2 N–H and O–H groups in total. The van der Waals surface area contributed by atoms with Crippen molar-refractivity contribution in [2.45, 2.75) is 52.3 Å². The first-order valence-corrected chi connectivity index (χ1v) is 7.29. The Hall–Kier alpha value is -1.75. The van der Waals surface area contributed by atoms with Crippen LogP contribution in [0, 0.1) is 0 Å². The molecule has 21 heavy (non-hydrogen) atoms. The van der Waals surface area contributed by atoms with Crippen LogP contribution in [0.1, 0.15) is 38.8 Å². The smallest absolute Gasteiger partial charge is 0.408 e. The fourth-order valence-electron chi connectivity index (χ4n) is 2.49. The van der Waals surface area contributed by atoms with E-state index in [0.717, 1.165) is 23.3 Å². The molecule has 0 saturated heterocycles. The van der Waals surface area contributed by atoms with E-state index in [1.165, 1.54) is 4.90 Å². The van der Waals surface area contributed by atoms with Crippen LogP contribution in [0.25, 0.3) is 0 Å². The molecule has 1 aromatic carbocycles. The van der Waals surface area contributed by atoms with E-state index < -0.39 is 6.09 Å². The lowest BCUT2D eigenvalue weighted by Gasteiger charge is -2.23. The van der Waals surface area contributed by atoms with Crippen molar-refractivity contribution in [2.75, 3.05) is 6.67 Å². The summed E-state index contributed by atoms with van der Waals surface area (Å²) in [6.45, 7) is 8.71. The second kappa shape index (κ2) is 5.93. The normalized spacial score (nSPS) is 15.7. The summed E-state index contributed by atoms with van der Waals surface area (Å²) in [7, 11) is 0. The minimum Gasteiger partial charge on any atom is -0.487 e. The summed E-state index contributed by atoms with van der Waals surface area (Å²) in [6, 6.07) is 6.19. The molecule has 0 radical (unpaired) electrons. The van der Waals surface area contributed by atoms with Crippen LogP contribution in [-0.4, -0.2) is 34.4 Å². The molecule has 5 heteroatoms. The first-order chi connectivity index (χ1) is 9.78. The minimum atomic E-state index is -0.932. The second-order valence-corrected chi connectivity index (χ2v) is 6.44. The average Bonchev–Trinajstić information content (AvgIpc) is 2.68. The maximum absolute atomic E-state index is 11.4. The third-order valence-electron chi connectivity index (χ3n) is 3.49. The Morgan fingerprint density at radius 1 is 1.48 bits per heavy atom. The molecule has 0 atom stereocenters. The molecule has 2 rings (SSSR count). The van der Waals surface area contributed by atoms with Crippen LogP contribution >= 0.6 is 0 Å². The van der Waals surface area contributed by atoms with Gasteiger partial charge in [-0.15, -0.1) is 0 Å². The van der Waals surface area contributed by atoms with Crippen LogP contribution in [0.5, 0.6) is 5.75 Å². The first-order valence-electron chi connectivity index (χ1n) is 7.29. The van der Waals surface area contributed by atoms with Crippen LogP contribution in [0.4, 0.5) is 4.79 Å². The summed E-state index contributed by atoms with van der Waals surface area (Å²) in [4.78, 5) is 12.8. The lowest BCUT2D eigenvalue weighted by molar-refractivity contribution is 0.128. The van der Waals surface area contributed by atoms with Crippen molar-refractivity contribution in [2.24, 2.45) is 0 Å². The van der Waals surface area contributed by atoms with E-state index in [-0.39, 0.29) is 11.6 Å². The monoisotopic (exact) mass is 292 g/mol. The number of amides is 1. The number of nitrogens with one attached hydrogen (secondary N) is 1. The van der Waals surface area contributed by atoms with Gasteiger partial charge in [-0.1, -0.05) is 18.2 Å². The van der Waals surface area contributed by atoms with Gasteiger partial charge in [0.05, 0.1) is 13.2 Å². The summed E-state index contributed by atoms with van der Waals surface area (Å²) in [5.74, 6) is 0.846. The van der Waals surface area contributed by atoms with E-state index in [1.54, 1.807) is 0 Å². The van der Waals surface area contributed by atoms with Crippen molar-refractivity contribution >= 4 is 6.09 Å². The van der Waals surface area contributed by atoms with Crippen molar-refractivity contribution in [1.29, 1.82) is 0 Å². The van der Waals surface area contributed by atoms with E-state index in [9.17, 15) is 9.90 Å². The lowest BCUT2D eigenvalue weighted by Crippen LogP contribution is -2.40. The van der Waals surface area contributed by atoms with Gasteiger partial charge >= 0.3 is 6.09 Å². The minimum absolute atomic E-state index is 0.220. The Bertz CT molecular complexity index is 526. The van der Waals surface area contributed by atoms with Gasteiger partial charge in [-0.05, 0) is 33.3 Å². The summed E-state index contributed by atoms with van der Waals surface area (Å²) in [6.07, 6.45) is -0.0777. The van der Waals surface area contributed by atoms with Crippen LogP contribution < -0.4 is 10.1 Å². The summed E-state index contributed by atoms with van der Waals surface area (Å²) in [5, 5.41) is 12.5. The molecule has 0 unspecified atom stereocenters. The molecule has 1 amide bonds. The molecule has 5 nitrogen and oxygen atoms in total. The van der Waals surface area contributed by atoms with Gasteiger partial charge in [-0.2, -0.15) is 0 Å². The van der Waals surface area contributed by atoms with Crippen LogP contribution in [0.15, 0.2) is 18.2 Å². The molecule has 1 aliphatic rings. The molecule has 1 aliphatic heterocycles. The number of carboxylic acid groups (broad SMARTS) is 1. The molecular weight excluding hydrogens is 268 g/mol. The fourth-order valence-corrected chi connectivity index (χ4v) is 2.49. The van der Waals surface area contributed by atoms with Crippen molar-refractivity contribution < 1.29 is 14.6 Å². The lowest BCUT2D eigenvalue weighted by atomic mass is 10.0. The Labute approximate surface area is 125 Å². The zero-order valence-electron chi connectivity index (χ0n) is 13.1. The van der Waals surface area contributed by atoms with Crippen molar-refractivity contribution in [3.8, 4) is 5.75 Å². The highest BCUT2D eigenvalue weighted by Gasteiger charge is 2.32. The highest BCUT2D eigenvalue weighted by molar-refractivity contribution is 5.65. The Kier molecular flexibility index (Phi) is 4.42. The number of hydrogen-bond acceptors (Lipinski definition) is 3. The van der Waals surface area contributed by atoms with E-state index in [4.69, 9.17) is 4.74 Å². The molecule has 0 aromatic heterocycles. The second-order valence-electron chi connectivity index (χ2n) is 6.44. The molecule has 0 spiro atoms. The number of carbonyl (C=O) groups is 1. The van der Waals surface area contributed by atoms with E-state index in [0.29, 0.717) is 13.2 Å². The largest absolute Gasteiger partial charge is 0.487 e. The number of para-hydroxylation sites is 1. The van der Waals surface area contributed by atoms with E-state index in [2.05, 4.69) is 5.32 Å². The third-order valence-corrected chi connectivity index (χ3v) is 3.49. The molecule has 1 aromatic rings. The number of rotatable bonds is 5. The quantitative estimate of drug-likeness (QED) is 0.819. The predicted molar refractivity (Wildman–Crippen MR) is 81.6 cm³/mol. The Balaban J connectivity index is 2.16. The SMILES string of the molecule is CC(C)NCN(Cc1cccc2c1OC(C)(C)C2)C(=O)O. The van der Waals surface area contributed by atoms with Crippen molar-refractivity contribution in [3.05, 3.63) is 29.3 Å². The zero-order chi connectivity index (χ0) is 15.6. The number of nitrogens with zero attached hydrogens (tertiary/aromatic N) is 1. The highest BCUT2D eigenvalue weighted by atomic mass is 16.5. The molecule has 0 aliphatic carbocycles. The Morgan fingerprint density at radius 2 is 2.19 bits per heavy atom. The number of benzene rings is 1. The molecule has 0 fully saturated rings. The van der Waals surface area contributed by atoms with Crippen LogP contribution in [-0.2, 0) is 13.0 Å². The van der Waals surface area contributed by atoms with Crippen LogP contribution in [0.3, 0.4) is 0 Å². The van der Waals surface area contributed by atoms with Gasteiger partial charge in [0.2, 0.25) is 0 Å². The molecule has 116 valence electrons. The van der Waals surface area contributed by atoms with Crippen molar-refractivity contribution in [3.63, 3.8) is 0 Å². The van der Waals surface area contributed by atoms with E-state index in [1.807, 2.05) is 45.9 Å². The summed E-state index contributed by atoms with van der Waals surface area (Å²) >= 11 is 0. The van der Waals surface area contributed by atoms with Crippen LogP contribution in [0.2, 0.25) is 0 Å². The van der Waals surface area contributed by atoms with Gasteiger partial charge in [0.1, 0.15) is 11.4 Å². The molecule has 1 heterocycles. The highest BCUT2D eigenvalue weighted by Crippen LogP contribution is 2.37. The summed E-state index contributed by atoms with van der Waals surface area (Å²) < 4.78 is 5.99. The number of ether oxygens (including phenoxy) is 1. The maximum Gasteiger partial charge on any atom is 0.408 e. The summed E-state index contributed by atoms with van der Waals surface area (Å²) in [5.41, 5.74) is 1.86. The van der Waals surface area contributed by atoms with Gasteiger partial charge in [-0.3, -0.25) is 10.2 Å². The maximum atomic E-state index is 11.4. The zero-order valence-corrected chi connectivity index (χ0v) is 13.1. The standard InChI is InChI=1S/C16H24N2O3/c1-11(2)17-10-18(15(19)20)9-13-7-5-6-12-8-16(3,4)21-14(12)13/h5-7,11,17H,8-10H2,1-4H3,(H,19,20). The van der Waals surface area contributed by atoms with Gasteiger partial charge in [0.25, 0.3) is 0 Å². The van der Waals surface area contributed by atoms with Gasteiger partial charge < -0.3 is 9.84 Å². The van der Waals surface area contributed by atoms with E-state index >= 15 is 0 Å². The topological polar surface area (TPSA) is 61.8 Å².